The Labute approximate surface area is 197 Å². The lowest BCUT2D eigenvalue weighted by Gasteiger charge is -2.18. The number of fused-ring (bicyclic) bond motifs is 3. The maximum Gasteiger partial charge on any atom is 0.163 e. The second kappa shape index (κ2) is 8.31. The van der Waals surface area contributed by atoms with Crippen LogP contribution in [0.1, 0.15) is 5.56 Å². The van der Waals surface area contributed by atoms with Crippen molar-refractivity contribution < 1.29 is 9.47 Å². The molecule has 1 aliphatic rings. The number of hydrogen-bond donors (Lipinski definition) is 1. The number of rotatable bonds is 4. The minimum absolute atomic E-state index is 0.345. The summed E-state index contributed by atoms with van der Waals surface area (Å²) in [6.45, 7) is 1.05. The summed E-state index contributed by atoms with van der Waals surface area (Å²) in [5.74, 6) is 2.01. The Morgan fingerprint density at radius 2 is 1.85 bits per heavy atom. The number of hydrazone groups is 1. The first-order valence-corrected chi connectivity index (χ1v) is 11.5. The molecule has 7 nitrogen and oxygen atoms in total. The molecule has 9 heteroatoms. The van der Waals surface area contributed by atoms with E-state index in [1.54, 1.807) is 17.6 Å². The molecule has 0 saturated heterocycles. The average Bonchev–Trinajstić information content (AvgIpc) is 3.29. The van der Waals surface area contributed by atoms with Crippen molar-refractivity contribution in [3.8, 4) is 22.6 Å². The van der Waals surface area contributed by atoms with E-state index in [1.807, 2.05) is 36.4 Å². The Hall–Kier alpha value is -3.75. The molecular weight excluding hydrogens is 458 g/mol. The lowest BCUT2D eigenvalue weighted by molar-refractivity contribution is 0.172. The van der Waals surface area contributed by atoms with Gasteiger partial charge in [0.25, 0.3) is 0 Å². The van der Waals surface area contributed by atoms with E-state index in [1.165, 1.54) is 6.33 Å². The molecule has 0 spiro atoms. The minimum atomic E-state index is 0.345. The molecule has 0 aliphatic carbocycles. The summed E-state index contributed by atoms with van der Waals surface area (Å²) in [6.07, 6.45) is 3.16. The van der Waals surface area contributed by atoms with Gasteiger partial charge in [-0.05, 0) is 17.7 Å². The van der Waals surface area contributed by atoms with Crippen molar-refractivity contribution in [3.63, 3.8) is 0 Å². The van der Waals surface area contributed by atoms with Crippen LogP contribution in [-0.4, -0.2) is 34.4 Å². The van der Waals surface area contributed by atoms with Crippen LogP contribution in [0.3, 0.4) is 0 Å². The SMILES string of the molecule is Clc1nc2cc3c(cc2cc1C=NNc1ncnc2scc(-c4ccccc4)c12)OCCO3. The van der Waals surface area contributed by atoms with Gasteiger partial charge in [0.15, 0.2) is 17.3 Å². The van der Waals surface area contributed by atoms with Gasteiger partial charge in [-0.15, -0.1) is 11.3 Å². The molecule has 0 unspecified atom stereocenters. The van der Waals surface area contributed by atoms with E-state index < -0.39 is 0 Å². The van der Waals surface area contributed by atoms with Crippen LogP contribution in [0.2, 0.25) is 5.15 Å². The molecule has 0 fully saturated rings. The van der Waals surface area contributed by atoms with Crippen LogP contribution in [-0.2, 0) is 0 Å². The fourth-order valence-corrected chi connectivity index (χ4v) is 4.86. The van der Waals surface area contributed by atoms with Crippen molar-refractivity contribution in [2.24, 2.45) is 5.10 Å². The second-order valence-corrected chi connectivity index (χ2v) is 8.56. The number of benzene rings is 2. The van der Waals surface area contributed by atoms with Gasteiger partial charge in [0.05, 0.1) is 17.1 Å². The average molecular weight is 474 g/mol. The Bertz CT molecular complexity index is 1520. The van der Waals surface area contributed by atoms with Gasteiger partial charge >= 0.3 is 0 Å². The highest BCUT2D eigenvalue weighted by atomic mass is 35.5. The van der Waals surface area contributed by atoms with Crippen LogP contribution in [0, 0.1) is 0 Å². The first-order valence-electron chi connectivity index (χ1n) is 10.2. The molecule has 4 heterocycles. The summed E-state index contributed by atoms with van der Waals surface area (Å²) in [4.78, 5) is 14.2. The first-order chi connectivity index (χ1) is 16.3. The maximum absolute atomic E-state index is 6.42. The van der Waals surface area contributed by atoms with Crippen molar-refractivity contribution in [2.45, 2.75) is 0 Å². The van der Waals surface area contributed by atoms with E-state index in [0.29, 0.717) is 41.2 Å². The topological polar surface area (TPSA) is 81.5 Å². The molecule has 1 aliphatic heterocycles. The van der Waals surface area contributed by atoms with Gasteiger partial charge in [-0.2, -0.15) is 5.10 Å². The number of aromatic nitrogens is 3. The Balaban J connectivity index is 1.33. The van der Waals surface area contributed by atoms with Gasteiger partial charge in [-0.1, -0.05) is 41.9 Å². The number of halogens is 1. The molecule has 33 heavy (non-hydrogen) atoms. The molecule has 162 valence electrons. The molecule has 3 aromatic heterocycles. The number of pyridine rings is 1. The normalized spacial score (nSPS) is 13.1. The molecule has 6 rings (SSSR count). The molecule has 0 bridgehead atoms. The van der Waals surface area contributed by atoms with Crippen molar-refractivity contribution >= 4 is 56.1 Å². The molecule has 0 atom stereocenters. The Kier molecular flexibility index (Phi) is 5.01. The van der Waals surface area contributed by atoms with Gasteiger partial charge in [0, 0.05) is 28.0 Å². The predicted molar refractivity (Wildman–Crippen MR) is 132 cm³/mol. The highest BCUT2D eigenvalue weighted by Gasteiger charge is 2.15. The second-order valence-electron chi connectivity index (χ2n) is 7.34. The highest BCUT2D eigenvalue weighted by molar-refractivity contribution is 7.17. The van der Waals surface area contributed by atoms with Gasteiger partial charge in [0.2, 0.25) is 0 Å². The summed E-state index contributed by atoms with van der Waals surface area (Å²) in [7, 11) is 0. The van der Waals surface area contributed by atoms with Crippen LogP contribution < -0.4 is 14.9 Å². The minimum Gasteiger partial charge on any atom is -0.486 e. The van der Waals surface area contributed by atoms with E-state index in [0.717, 1.165) is 32.2 Å². The van der Waals surface area contributed by atoms with Gasteiger partial charge < -0.3 is 9.47 Å². The number of ether oxygens (including phenoxy) is 2. The summed E-state index contributed by atoms with van der Waals surface area (Å²) < 4.78 is 11.3. The van der Waals surface area contributed by atoms with Crippen molar-refractivity contribution in [2.75, 3.05) is 18.6 Å². The van der Waals surface area contributed by atoms with E-state index in [9.17, 15) is 0 Å². The monoisotopic (exact) mass is 473 g/mol. The quantitative estimate of drug-likeness (QED) is 0.202. The Morgan fingerprint density at radius 1 is 1.03 bits per heavy atom. The molecule has 5 aromatic rings. The zero-order valence-corrected chi connectivity index (χ0v) is 18.7. The fraction of sp³-hybridized carbons (Fsp3) is 0.0833. The van der Waals surface area contributed by atoms with Crippen molar-refractivity contribution in [1.82, 2.24) is 15.0 Å². The van der Waals surface area contributed by atoms with Crippen LogP contribution >= 0.6 is 22.9 Å². The summed E-state index contributed by atoms with van der Waals surface area (Å²) in [6, 6.07) is 15.8. The Morgan fingerprint density at radius 3 is 2.70 bits per heavy atom. The third-order valence-corrected chi connectivity index (χ3v) is 6.48. The zero-order valence-electron chi connectivity index (χ0n) is 17.2. The third-order valence-electron chi connectivity index (χ3n) is 5.29. The van der Waals surface area contributed by atoms with Crippen LogP contribution in [0.25, 0.3) is 32.2 Å². The zero-order chi connectivity index (χ0) is 22.2. The lowest BCUT2D eigenvalue weighted by atomic mass is 10.1. The lowest BCUT2D eigenvalue weighted by Crippen LogP contribution is -2.15. The van der Waals surface area contributed by atoms with E-state index in [-0.39, 0.29) is 0 Å². The summed E-state index contributed by atoms with van der Waals surface area (Å²) in [5, 5.41) is 8.64. The molecule has 2 aromatic carbocycles. The van der Waals surface area contributed by atoms with Crippen molar-refractivity contribution in [3.05, 3.63) is 71.0 Å². The van der Waals surface area contributed by atoms with Crippen LogP contribution in [0.15, 0.2) is 65.3 Å². The standard InChI is InChI=1S/C24H16ClN5O2S/c25-22-16(8-15-9-19-20(10-18(15)29-22)32-7-6-31-19)11-28-30-23-21-17(14-4-2-1-3-5-14)12-33-24(21)27-13-26-23/h1-5,8-13H,6-7H2,(H,26,27,30). The summed E-state index contributed by atoms with van der Waals surface area (Å²) >= 11 is 8.00. The first kappa shape index (κ1) is 19.9. The maximum atomic E-state index is 6.42. The molecule has 1 N–H and O–H groups in total. The highest BCUT2D eigenvalue weighted by Crippen LogP contribution is 2.37. The van der Waals surface area contributed by atoms with Gasteiger partial charge in [-0.3, -0.25) is 5.43 Å². The largest absolute Gasteiger partial charge is 0.486 e. The molecule has 0 radical (unpaired) electrons. The van der Waals surface area contributed by atoms with E-state index >= 15 is 0 Å². The number of thiophene rings is 1. The number of anilines is 1. The third kappa shape index (κ3) is 3.73. The number of nitrogens with one attached hydrogen (secondary N) is 1. The number of hydrogen-bond acceptors (Lipinski definition) is 8. The van der Waals surface area contributed by atoms with Crippen LogP contribution in [0.4, 0.5) is 5.82 Å². The number of nitrogens with zero attached hydrogens (tertiary/aromatic N) is 4. The van der Waals surface area contributed by atoms with E-state index in [4.69, 9.17) is 21.1 Å². The van der Waals surface area contributed by atoms with Gasteiger partial charge in [0.1, 0.15) is 29.5 Å². The predicted octanol–water partition coefficient (Wildman–Crippen LogP) is 5.78. The molecule has 0 amide bonds. The van der Waals surface area contributed by atoms with E-state index in [2.05, 4.69) is 43.0 Å². The van der Waals surface area contributed by atoms with Crippen LogP contribution in [0.5, 0.6) is 11.5 Å². The smallest absolute Gasteiger partial charge is 0.163 e. The molecule has 0 saturated carbocycles. The van der Waals surface area contributed by atoms with Crippen molar-refractivity contribution in [1.29, 1.82) is 0 Å². The summed E-state index contributed by atoms with van der Waals surface area (Å²) in [5.41, 5.74) is 6.62. The fourth-order valence-electron chi connectivity index (χ4n) is 3.75. The van der Waals surface area contributed by atoms with Gasteiger partial charge in [-0.25, -0.2) is 15.0 Å². The molecular formula is C24H16ClN5O2S.